The average Bonchev–Trinajstić information content (AvgIpc) is 2.62. The highest BCUT2D eigenvalue weighted by molar-refractivity contribution is 7.90. The third-order valence-electron chi connectivity index (χ3n) is 2.40. The number of hydrogen-bond donors (Lipinski definition) is 1. The van der Waals surface area contributed by atoms with Crippen molar-refractivity contribution in [2.24, 2.45) is 0 Å². The second-order valence-electron chi connectivity index (χ2n) is 4.02. The SMILES string of the molecule is CCNC(CCCS(C)(=O)=O)c1ccc(Cl)s1. The summed E-state index contributed by atoms with van der Waals surface area (Å²) in [5, 5.41) is 3.36. The van der Waals surface area contributed by atoms with Crippen LogP contribution in [0.3, 0.4) is 0 Å². The van der Waals surface area contributed by atoms with Crippen LogP contribution < -0.4 is 5.32 Å². The van der Waals surface area contributed by atoms with Crippen LogP contribution in [0.25, 0.3) is 0 Å². The van der Waals surface area contributed by atoms with Crippen LogP contribution in [0.1, 0.15) is 30.7 Å². The lowest BCUT2D eigenvalue weighted by Gasteiger charge is -2.15. The van der Waals surface area contributed by atoms with E-state index in [1.807, 2.05) is 19.1 Å². The third kappa shape index (κ3) is 5.86. The highest BCUT2D eigenvalue weighted by atomic mass is 35.5. The van der Waals surface area contributed by atoms with E-state index in [-0.39, 0.29) is 11.8 Å². The van der Waals surface area contributed by atoms with Crippen LogP contribution in [0.5, 0.6) is 0 Å². The van der Waals surface area contributed by atoms with Gasteiger partial charge in [-0.3, -0.25) is 0 Å². The molecule has 0 aliphatic rings. The molecule has 0 saturated heterocycles. The number of hydrogen-bond acceptors (Lipinski definition) is 4. The van der Waals surface area contributed by atoms with Gasteiger partial charge in [0.25, 0.3) is 0 Å². The Labute approximate surface area is 112 Å². The second-order valence-corrected chi connectivity index (χ2v) is 8.03. The zero-order chi connectivity index (χ0) is 12.9. The van der Waals surface area contributed by atoms with E-state index in [2.05, 4.69) is 5.32 Å². The molecule has 3 nitrogen and oxygen atoms in total. The molecule has 1 unspecified atom stereocenters. The summed E-state index contributed by atoms with van der Waals surface area (Å²) in [6.07, 6.45) is 2.76. The highest BCUT2D eigenvalue weighted by Gasteiger charge is 2.13. The van der Waals surface area contributed by atoms with Crippen LogP contribution >= 0.6 is 22.9 Å². The first-order valence-corrected chi connectivity index (χ1v) is 8.84. The minimum atomic E-state index is -2.86. The molecule has 1 rings (SSSR count). The van der Waals surface area contributed by atoms with Gasteiger partial charge in [-0.05, 0) is 31.5 Å². The maximum absolute atomic E-state index is 11.1. The molecule has 0 saturated carbocycles. The van der Waals surface area contributed by atoms with Crippen LogP contribution in [0.4, 0.5) is 0 Å². The summed E-state index contributed by atoms with van der Waals surface area (Å²) < 4.78 is 22.9. The average molecular weight is 296 g/mol. The molecule has 0 bridgehead atoms. The molecule has 17 heavy (non-hydrogen) atoms. The predicted octanol–water partition coefficient (Wildman–Crippen LogP) is 2.88. The first-order chi connectivity index (χ1) is 7.92. The van der Waals surface area contributed by atoms with E-state index in [0.717, 1.165) is 17.3 Å². The Kier molecular flexibility index (Phi) is 5.92. The zero-order valence-corrected chi connectivity index (χ0v) is 12.5. The van der Waals surface area contributed by atoms with E-state index in [0.29, 0.717) is 6.42 Å². The van der Waals surface area contributed by atoms with Gasteiger partial charge in [-0.1, -0.05) is 18.5 Å². The van der Waals surface area contributed by atoms with Gasteiger partial charge in [0.05, 0.1) is 4.34 Å². The van der Waals surface area contributed by atoms with Gasteiger partial charge in [-0.2, -0.15) is 0 Å². The third-order valence-corrected chi connectivity index (χ3v) is 4.77. The van der Waals surface area contributed by atoms with Crippen LogP contribution in [0.2, 0.25) is 4.34 Å². The molecule has 0 aromatic carbocycles. The molecule has 1 atom stereocenters. The molecule has 1 aromatic heterocycles. The van der Waals surface area contributed by atoms with Gasteiger partial charge in [-0.15, -0.1) is 11.3 Å². The van der Waals surface area contributed by atoms with Crippen molar-refractivity contribution < 1.29 is 8.42 Å². The molecule has 6 heteroatoms. The summed E-state index contributed by atoms with van der Waals surface area (Å²) in [6, 6.07) is 4.09. The zero-order valence-electron chi connectivity index (χ0n) is 10.1. The number of halogens is 1. The standard InChI is InChI=1S/C11H18ClNO2S2/c1-3-13-9(5-4-8-17(2,14)15)10-6-7-11(12)16-10/h6-7,9,13H,3-5,8H2,1-2H3. The smallest absolute Gasteiger partial charge is 0.147 e. The van der Waals surface area contributed by atoms with Crippen molar-refractivity contribution in [2.45, 2.75) is 25.8 Å². The van der Waals surface area contributed by atoms with Crippen LogP contribution in [0, 0.1) is 0 Å². The quantitative estimate of drug-likeness (QED) is 0.841. The fraction of sp³-hybridized carbons (Fsp3) is 0.636. The van der Waals surface area contributed by atoms with E-state index in [1.54, 1.807) is 11.3 Å². The fourth-order valence-electron chi connectivity index (χ4n) is 1.66. The van der Waals surface area contributed by atoms with Gasteiger partial charge in [0.15, 0.2) is 0 Å². The lowest BCUT2D eigenvalue weighted by Crippen LogP contribution is -2.20. The van der Waals surface area contributed by atoms with E-state index in [9.17, 15) is 8.42 Å². The molecule has 98 valence electrons. The van der Waals surface area contributed by atoms with Crippen LogP contribution in [-0.4, -0.2) is 27.0 Å². The van der Waals surface area contributed by atoms with Crippen molar-refractivity contribution in [3.63, 3.8) is 0 Å². The highest BCUT2D eigenvalue weighted by Crippen LogP contribution is 2.29. The molecular formula is C11H18ClNO2S2. The lowest BCUT2D eigenvalue weighted by atomic mass is 10.1. The minimum Gasteiger partial charge on any atom is -0.310 e. The molecule has 0 spiro atoms. The van der Waals surface area contributed by atoms with Gasteiger partial charge in [0, 0.05) is 22.9 Å². The monoisotopic (exact) mass is 295 g/mol. The van der Waals surface area contributed by atoms with Crippen molar-refractivity contribution in [3.05, 3.63) is 21.3 Å². The fourth-order valence-corrected chi connectivity index (χ4v) is 3.52. The van der Waals surface area contributed by atoms with Gasteiger partial charge < -0.3 is 5.32 Å². The summed E-state index contributed by atoms with van der Waals surface area (Å²) in [5.41, 5.74) is 0. The Morgan fingerprint density at radius 2 is 2.18 bits per heavy atom. The molecule has 1 heterocycles. The minimum absolute atomic E-state index is 0.208. The Bertz CT molecular complexity index is 442. The van der Waals surface area contributed by atoms with E-state index < -0.39 is 9.84 Å². The second kappa shape index (κ2) is 6.73. The molecule has 0 radical (unpaired) electrons. The first-order valence-electron chi connectivity index (χ1n) is 5.58. The number of sulfone groups is 1. The van der Waals surface area contributed by atoms with E-state index in [1.165, 1.54) is 11.1 Å². The molecule has 0 amide bonds. The molecule has 1 N–H and O–H groups in total. The maximum atomic E-state index is 11.1. The van der Waals surface area contributed by atoms with Gasteiger partial charge >= 0.3 is 0 Å². The lowest BCUT2D eigenvalue weighted by molar-refractivity contribution is 0.514. The van der Waals surface area contributed by atoms with Gasteiger partial charge in [-0.25, -0.2) is 8.42 Å². The number of nitrogens with one attached hydrogen (secondary N) is 1. The normalized spacial score (nSPS) is 13.8. The molecular weight excluding hydrogens is 278 g/mol. The molecule has 1 aromatic rings. The van der Waals surface area contributed by atoms with Crippen molar-refractivity contribution >= 4 is 32.8 Å². The Balaban J connectivity index is 2.55. The van der Waals surface area contributed by atoms with Crippen molar-refractivity contribution in [3.8, 4) is 0 Å². The number of rotatable bonds is 7. The van der Waals surface area contributed by atoms with Crippen molar-refractivity contribution in [2.75, 3.05) is 18.6 Å². The Morgan fingerprint density at radius 3 is 2.65 bits per heavy atom. The Morgan fingerprint density at radius 1 is 1.47 bits per heavy atom. The summed E-state index contributed by atoms with van der Waals surface area (Å²) in [4.78, 5) is 1.17. The summed E-state index contributed by atoms with van der Waals surface area (Å²) in [5.74, 6) is 0.244. The van der Waals surface area contributed by atoms with Crippen molar-refractivity contribution in [1.29, 1.82) is 0 Å². The first kappa shape index (κ1) is 15.0. The maximum Gasteiger partial charge on any atom is 0.147 e. The topological polar surface area (TPSA) is 46.2 Å². The molecule has 0 aliphatic carbocycles. The summed E-state index contributed by atoms with van der Waals surface area (Å²) in [7, 11) is -2.86. The molecule has 0 aliphatic heterocycles. The Hall–Kier alpha value is -0.100. The summed E-state index contributed by atoms with van der Waals surface area (Å²) in [6.45, 7) is 2.90. The van der Waals surface area contributed by atoms with Gasteiger partial charge in [0.2, 0.25) is 0 Å². The van der Waals surface area contributed by atoms with Crippen molar-refractivity contribution in [1.82, 2.24) is 5.32 Å². The van der Waals surface area contributed by atoms with Crippen LogP contribution in [0.15, 0.2) is 12.1 Å². The largest absolute Gasteiger partial charge is 0.310 e. The van der Waals surface area contributed by atoms with E-state index in [4.69, 9.17) is 11.6 Å². The van der Waals surface area contributed by atoms with Crippen LogP contribution in [-0.2, 0) is 9.84 Å². The van der Waals surface area contributed by atoms with Gasteiger partial charge in [0.1, 0.15) is 9.84 Å². The molecule has 0 fully saturated rings. The van der Waals surface area contributed by atoms with E-state index >= 15 is 0 Å². The number of thiophene rings is 1. The predicted molar refractivity (Wildman–Crippen MR) is 74.7 cm³/mol. The summed E-state index contributed by atoms with van der Waals surface area (Å²) >= 11 is 7.45.